The van der Waals surface area contributed by atoms with Gasteiger partial charge in [0.2, 0.25) is 0 Å². The molecule has 0 radical (unpaired) electrons. The van der Waals surface area contributed by atoms with Crippen LogP contribution in [0.2, 0.25) is 5.02 Å². The van der Waals surface area contributed by atoms with Gasteiger partial charge in [-0.2, -0.15) is 5.26 Å². The Morgan fingerprint density at radius 1 is 1.50 bits per heavy atom. The molecule has 2 rings (SSSR count). The first-order chi connectivity index (χ1) is 7.69. The molecule has 0 aliphatic heterocycles. The number of hydrogen-bond acceptors (Lipinski definition) is 3. The lowest BCUT2D eigenvalue weighted by molar-refractivity contribution is 0.619. The summed E-state index contributed by atoms with van der Waals surface area (Å²) in [7, 11) is 0. The molecular weight excluding hydrogens is 231 g/mol. The predicted octanol–water partition coefficient (Wildman–Crippen LogP) is 1.99. The zero-order valence-corrected chi connectivity index (χ0v) is 8.82. The Morgan fingerprint density at radius 3 is 2.94 bits per heavy atom. The van der Waals surface area contributed by atoms with Gasteiger partial charge in [-0.05, 0) is 17.7 Å². The Morgan fingerprint density at radius 2 is 2.31 bits per heavy atom. The number of benzene rings is 1. The van der Waals surface area contributed by atoms with E-state index in [0.717, 1.165) is 0 Å². The molecule has 0 saturated heterocycles. The van der Waals surface area contributed by atoms with Gasteiger partial charge in [0.25, 0.3) is 5.82 Å². The van der Waals surface area contributed by atoms with Crippen molar-refractivity contribution in [2.75, 3.05) is 0 Å². The molecule has 0 aliphatic carbocycles. The van der Waals surface area contributed by atoms with E-state index in [4.69, 9.17) is 16.9 Å². The Labute approximate surface area is 95.9 Å². The van der Waals surface area contributed by atoms with E-state index in [9.17, 15) is 4.39 Å². The zero-order valence-electron chi connectivity index (χ0n) is 8.06. The minimum absolute atomic E-state index is 0.0834. The molecule has 0 saturated carbocycles. The highest BCUT2D eigenvalue weighted by Crippen LogP contribution is 2.15. The third-order valence-corrected chi connectivity index (χ3v) is 2.27. The van der Waals surface area contributed by atoms with Crippen molar-refractivity contribution in [2.45, 2.75) is 6.54 Å². The summed E-state index contributed by atoms with van der Waals surface area (Å²) in [5.74, 6) is -0.380. The van der Waals surface area contributed by atoms with Gasteiger partial charge in [0.05, 0.1) is 11.6 Å². The molecule has 2 aromatic rings. The second kappa shape index (κ2) is 4.29. The Hall–Kier alpha value is -1.93. The zero-order chi connectivity index (χ0) is 11.5. The van der Waals surface area contributed by atoms with Crippen molar-refractivity contribution >= 4 is 11.6 Å². The molecule has 0 spiro atoms. The summed E-state index contributed by atoms with van der Waals surface area (Å²) in [5, 5.41) is 12.5. The van der Waals surface area contributed by atoms with E-state index in [1.54, 1.807) is 6.07 Å². The molecule has 0 N–H and O–H groups in total. The SMILES string of the molecule is N#Cc1ncn(Cc2ccc(Cl)c(F)c2)n1. The normalized spacial score (nSPS) is 10.1. The van der Waals surface area contributed by atoms with Gasteiger partial charge in [0.15, 0.2) is 0 Å². The smallest absolute Gasteiger partial charge is 0.247 e. The topological polar surface area (TPSA) is 54.5 Å². The van der Waals surface area contributed by atoms with Crippen molar-refractivity contribution in [1.29, 1.82) is 5.26 Å². The van der Waals surface area contributed by atoms with E-state index in [1.165, 1.54) is 23.1 Å². The van der Waals surface area contributed by atoms with E-state index < -0.39 is 5.82 Å². The van der Waals surface area contributed by atoms with E-state index in [2.05, 4.69) is 10.1 Å². The largest absolute Gasteiger partial charge is 0.252 e. The van der Waals surface area contributed by atoms with Gasteiger partial charge in [0, 0.05) is 0 Å². The number of halogens is 2. The first-order valence-electron chi connectivity index (χ1n) is 4.42. The Balaban J connectivity index is 2.21. The molecule has 16 heavy (non-hydrogen) atoms. The molecule has 4 nitrogen and oxygen atoms in total. The lowest BCUT2D eigenvalue weighted by Crippen LogP contribution is -2.01. The summed E-state index contributed by atoms with van der Waals surface area (Å²) in [6, 6.07) is 6.32. The maximum absolute atomic E-state index is 13.1. The quantitative estimate of drug-likeness (QED) is 0.801. The highest BCUT2D eigenvalue weighted by molar-refractivity contribution is 6.30. The van der Waals surface area contributed by atoms with Crippen molar-refractivity contribution in [3.8, 4) is 6.07 Å². The van der Waals surface area contributed by atoms with Crippen molar-refractivity contribution in [3.05, 3.63) is 46.8 Å². The fraction of sp³-hybridized carbons (Fsp3) is 0.100. The van der Waals surface area contributed by atoms with E-state index >= 15 is 0 Å². The predicted molar refractivity (Wildman–Crippen MR) is 55.2 cm³/mol. The molecule has 0 atom stereocenters. The van der Waals surface area contributed by atoms with Crippen LogP contribution in [0, 0.1) is 17.1 Å². The average molecular weight is 237 g/mol. The van der Waals surface area contributed by atoms with Crippen LogP contribution in [-0.2, 0) is 6.54 Å². The second-order valence-electron chi connectivity index (χ2n) is 3.13. The summed E-state index contributed by atoms with van der Waals surface area (Å²) >= 11 is 5.56. The molecule has 0 aliphatic rings. The Bertz CT molecular complexity index is 558. The van der Waals surface area contributed by atoms with E-state index in [1.807, 2.05) is 6.07 Å². The highest BCUT2D eigenvalue weighted by Gasteiger charge is 2.03. The molecule has 1 heterocycles. The standard InChI is InChI=1S/C10H6ClFN4/c11-8-2-1-7(3-9(8)12)5-16-6-14-10(4-13)15-16/h1-3,6H,5H2. The van der Waals surface area contributed by atoms with Gasteiger partial charge < -0.3 is 0 Å². The second-order valence-corrected chi connectivity index (χ2v) is 3.53. The minimum Gasteiger partial charge on any atom is -0.247 e. The number of nitrogens with zero attached hydrogens (tertiary/aromatic N) is 4. The van der Waals surface area contributed by atoms with Crippen LogP contribution in [0.3, 0.4) is 0 Å². The lowest BCUT2D eigenvalue weighted by Gasteiger charge is -2.01. The van der Waals surface area contributed by atoms with Crippen LogP contribution in [-0.4, -0.2) is 14.8 Å². The van der Waals surface area contributed by atoms with Gasteiger partial charge in [-0.3, -0.25) is 0 Å². The van der Waals surface area contributed by atoms with E-state index in [0.29, 0.717) is 12.1 Å². The molecule has 0 bridgehead atoms. The number of aromatic nitrogens is 3. The average Bonchev–Trinajstić information content (AvgIpc) is 2.71. The van der Waals surface area contributed by atoms with Crippen molar-refractivity contribution in [1.82, 2.24) is 14.8 Å². The third-order valence-electron chi connectivity index (χ3n) is 1.97. The molecule has 6 heteroatoms. The minimum atomic E-state index is -0.472. The van der Waals surface area contributed by atoms with Crippen LogP contribution in [0.5, 0.6) is 0 Å². The number of nitriles is 1. The van der Waals surface area contributed by atoms with Crippen molar-refractivity contribution in [2.24, 2.45) is 0 Å². The molecule has 0 amide bonds. The van der Waals surface area contributed by atoms with Gasteiger partial charge in [-0.15, -0.1) is 5.10 Å². The first kappa shape index (κ1) is 10.6. The van der Waals surface area contributed by atoms with Crippen LogP contribution < -0.4 is 0 Å². The maximum atomic E-state index is 13.1. The van der Waals surface area contributed by atoms with Gasteiger partial charge in [-0.1, -0.05) is 17.7 Å². The maximum Gasteiger partial charge on any atom is 0.252 e. The van der Waals surface area contributed by atoms with Gasteiger partial charge >= 0.3 is 0 Å². The van der Waals surface area contributed by atoms with Crippen molar-refractivity contribution in [3.63, 3.8) is 0 Å². The monoisotopic (exact) mass is 236 g/mol. The molecule has 1 aromatic heterocycles. The van der Waals surface area contributed by atoms with Crippen LogP contribution in [0.25, 0.3) is 0 Å². The summed E-state index contributed by atoms with van der Waals surface area (Å²) in [6.45, 7) is 0.350. The molecular formula is C10H6ClFN4. The number of rotatable bonds is 2. The molecule has 80 valence electrons. The molecule has 0 fully saturated rings. The lowest BCUT2D eigenvalue weighted by atomic mass is 10.2. The third kappa shape index (κ3) is 2.18. The summed E-state index contributed by atoms with van der Waals surface area (Å²) < 4.78 is 14.6. The van der Waals surface area contributed by atoms with Gasteiger partial charge in [-0.25, -0.2) is 14.1 Å². The molecule has 1 aromatic carbocycles. The first-order valence-corrected chi connectivity index (χ1v) is 4.80. The summed E-state index contributed by atoms with van der Waals surface area (Å²) in [6.07, 6.45) is 1.42. The van der Waals surface area contributed by atoms with Gasteiger partial charge in [0.1, 0.15) is 18.2 Å². The Kier molecular flexibility index (Phi) is 2.84. The summed E-state index contributed by atoms with van der Waals surface area (Å²) in [4.78, 5) is 3.74. The highest BCUT2D eigenvalue weighted by atomic mass is 35.5. The fourth-order valence-electron chi connectivity index (χ4n) is 1.25. The van der Waals surface area contributed by atoms with Crippen molar-refractivity contribution < 1.29 is 4.39 Å². The van der Waals surface area contributed by atoms with E-state index in [-0.39, 0.29) is 10.8 Å². The fourth-order valence-corrected chi connectivity index (χ4v) is 1.36. The number of hydrogen-bond donors (Lipinski definition) is 0. The van der Waals surface area contributed by atoms with Crippen LogP contribution in [0.1, 0.15) is 11.4 Å². The summed E-state index contributed by atoms with van der Waals surface area (Å²) in [5.41, 5.74) is 0.705. The van der Waals surface area contributed by atoms with Crippen LogP contribution >= 0.6 is 11.6 Å². The van der Waals surface area contributed by atoms with Crippen LogP contribution in [0.15, 0.2) is 24.5 Å². The molecule has 0 unspecified atom stereocenters. The van der Waals surface area contributed by atoms with Crippen LogP contribution in [0.4, 0.5) is 4.39 Å².